The minimum absolute atomic E-state index is 0.222. The van der Waals surface area contributed by atoms with Crippen molar-refractivity contribution < 1.29 is 4.74 Å². The van der Waals surface area contributed by atoms with E-state index >= 15 is 0 Å². The van der Waals surface area contributed by atoms with Gasteiger partial charge >= 0.3 is 0 Å². The molecule has 0 unspecified atom stereocenters. The smallest absolute Gasteiger partial charge is 0.124 e. The molecule has 0 aliphatic rings. The quantitative estimate of drug-likeness (QED) is 0.794. The molecule has 78 valence electrons. The summed E-state index contributed by atoms with van der Waals surface area (Å²) in [6.45, 7) is 6.21. The molecule has 0 saturated heterocycles. The van der Waals surface area contributed by atoms with Crippen LogP contribution in [0.5, 0.6) is 5.75 Å². The summed E-state index contributed by atoms with van der Waals surface area (Å²) in [6.07, 6.45) is 0.222. The van der Waals surface area contributed by atoms with Crippen LogP contribution >= 0.6 is 0 Å². The molecule has 14 heavy (non-hydrogen) atoms. The molecule has 0 saturated carbocycles. The van der Waals surface area contributed by atoms with Crippen LogP contribution in [0.2, 0.25) is 0 Å². The SMILES string of the molecule is CN[C@H](C)c1ccccc1OC(C)C. The zero-order valence-corrected chi connectivity index (χ0v) is 9.37. The van der Waals surface area contributed by atoms with Crippen molar-refractivity contribution in [1.82, 2.24) is 5.32 Å². The molecular formula is C12H19NO. The Hall–Kier alpha value is -1.02. The highest BCUT2D eigenvalue weighted by molar-refractivity contribution is 5.35. The van der Waals surface area contributed by atoms with E-state index in [0.717, 1.165) is 5.75 Å². The molecular weight excluding hydrogens is 174 g/mol. The number of nitrogens with one attached hydrogen (secondary N) is 1. The highest BCUT2D eigenvalue weighted by Crippen LogP contribution is 2.25. The Morgan fingerprint density at radius 2 is 1.79 bits per heavy atom. The van der Waals surface area contributed by atoms with Gasteiger partial charge in [-0.15, -0.1) is 0 Å². The van der Waals surface area contributed by atoms with Crippen molar-refractivity contribution in [3.05, 3.63) is 29.8 Å². The predicted octanol–water partition coefficient (Wildman–Crippen LogP) is 2.75. The van der Waals surface area contributed by atoms with Gasteiger partial charge in [-0.25, -0.2) is 0 Å². The molecule has 1 aromatic rings. The van der Waals surface area contributed by atoms with Gasteiger partial charge in [0.2, 0.25) is 0 Å². The van der Waals surface area contributed by atoms with E-state index in [2.05, 4.69) is 18.3 Å². The second-order valence-corrected chi connectivity index (χ2v) is 3.71. The maximum Gasteiger partial charge on any atom is 0.124 e. The van der Waals surface area contributed by atoms with Crippen LogP contribution < -0.4 is 10.1 Å². The molecule has 0 aromatic heterocycles. The van der Waals surface area contributed by atoms with Gasteiger partial charge in [-0.1, -0.05) is 18.2 Å². The Morgan fingerprint density at radius 3 is 2.36 bits per heavy atom. The number of hydrogen-bond acceptors (Lipinski definition) is 2. The molecule has 0 radical (unpaired) electrons. The molecule has 0 heterocycles. The van der Waals surface area contributed by atoms with Crippen molar-refractivity contribution >= 4 is 0 Å². The Morgan fingerprint density at radius 1 is 1.14 bits per heavy atom. The summed E-state index contributed by atoms with van der Waals surface area (Å²) in [5.41, 5.74) is 1.21. The molecule has 0 bridgehead atoms. The number of benzene rings is 1. The van der Waals surface area contributed by atoms with E-state index < -0.39 is 0 Å². The molecule has 0 aliphatic heterocycles. The van der Waals surface area contributed by atoms with Gasteiger partial charge in [0.15, 0.2) is 0 Å². The lowest BCUT2D eigenvalue weighted by Crippen LogP contribution is -2.15. The molecule has 0 amide bonds. The van der Waals surface area contributed by atoms with E-state index in [0.29, 0.717) is 6.04 Å². The monoisotopic (exact) mass is 193 g/mol. The van der Waals surface area contributed by atoms with Crippen molar-refractivity contribution in [2.75, 3.05) is 7.05 Å². The molecule has 1 N–H and O–H groups in total. The normalized spacial score (nSPS) is 12.9. The van der Waals surface area contributed by atoms with Gasteiger partial charge in [0.25, 0.3) is 0 Å². The Bertz CT molecular complexity index is 283. The van der Waals surface area contributed by atoms with Crippen LogP contribution in [0, 0.1) is 0 Å². The molecule has 1 rings (SSSR count). The lowest BCUT2D eigenvalue weighted by atomic mass is 10.1. The molecule has 0 aliphatic carbocycles. The second kappa shape index (κ2) is 5.01. The Labute approximate surface area is 86.3 Å². The van der Waals surface area contributed by atoms with Gasteiger partial charge in [0.05, 0.1) is 6.10 Å². The fourth-order valence-corrected chi connectivity index (χ4v) is 1.36. The summed E-state index contributed by atoms with van der Waals surface area (Å²) in [6, 6.07) is 8.48. The zero-order chi connectivity index (χ0) is 10.6. The second-order valence-electron chi connectivity index (χ2n) is 3.71. The fourth-order valence-electron chi connectivity index (χ4n) is 1.36. The topological polar surface area (TPSA) is 21.3 Å². The summed E-state index contributed by atoms with van der Waals surface area (Å²) >= 11 is 0. The first kappa shape index (κ1) is 11.1. The van der Waals surface area contributed by atoms with E-state index in [9.17, 15) is 0 Å². The minimum atomic E-state index is 0.222. The van der Waals surface area contributed by atoms with E-state index in [4.69, 9.17) is 4.74 Å². The van der Waals surface area contributed by atoms with E-state index in [-0.39, 0.29) is 6.10 Å². The van der Waals surface area contributed by atoms with Crippen LogP contribution in [0.3, 0.4) is 0 Å². The van der Waals surface area contributed by atoms with Gasteiger partial charge in [0.1, 0.15) is 5.75 Å². The highest BCUT2D eigenvalue weighted by atomic mass is 16.5. The van der Waals surface area contributed by atoms with Gasteiger partial charge in [-0.2, -0.15) is 0 Å². The maximum absolute atomic E-state index is 5.73. The van der Waals surface area contributed by atoms with Gasteiger partial charge in [-0.05, 0) is 33.9 Å². The number of rotatable bonds is 4. The molecule has 2 nitrogen and oxygen atoms in total. The Kier molecular flexibility index (Phi) is 3.96. The van der Waals surface area contributed by atoms with Crippen molar-refractivity contribution in [2.24, 2.45) is 0 Å². The third kappa shape index (κ3) is 2.74. The van der Waals surface area contributed by atoms with Crippen LogP contribution in [-0.4, -0.2) is 13.2 Å². The minimum Gasteiger partial charge on any atom is -0.491 e. The number of para-hydroxylation sites is 1. The average Bonchev–Trinajstić information content (AvgIpc) is 2.16. The molecule has 1 aromatic carbocycles. The molecule has 0 fully saturated rings. The molecule has 1 atom stereocenters. The van der Waals surface area contributed by atoms with Crippen molar-refractivity contribution in [1.29, 1.82) is 0 Å². The van der Waals surface area contributed by atoms with Crippen molar-refractivity contribution in [3.63, 3.8) is 0 Å². The number of ether oxygens (including phenoxy) is 1. The summed E-state index contributed by atoms with van der Waals surface area (Å²) in [4.78, 5) is 0. The van der Waals surface area contributed by atoms with Gasteiger partial charge in [0, 0.05) is 11.6 Å². The summed E-state index contributed by atoms with van der Waals surface area (Å²) in [5.74, 6) is 0.976. The lowest BCUT2D eigenvalue weighted by molar-refractivity contribution is 0.238. The van der Waals surface area contributed by atoms with Crippen molar-refractivity contribution in [2.45, 2.75) is 32.9 Å². The predicted molar refractivity (Wildman–Crippen MR) is 59.7 cm³/mol. The van der Waals surface area contributed by atoms with E-state index in [1.807, 2.05) is 39.1 Å². The summed E-state index contributed by atoms with van der Waals surface area (Å²) in [5, 5.41) is 3.21. The van der Waals surface area contributed by atoms with Crippen LogP contribution in [-0.2, 0) is 0 Å². The van der Waals surface area contributed by atoms with E-state index in [1.165, 1.54) is 5.56 Å². The van der Waals surface area contributed by atoms with Crippen molar-refractivity contribution in [3.8, 4) is 5.75 Å². The van der Waals surface area contributed by atoms with Gasteiger partial charge in [-0.3, -0.25) is 0 Å². The summed E-state index contributed by atoms with van der Waals surface area (Å²) in [7, 11) is 1.96. The van der Waals surface area contributed by atoms with E-state index in [1.54, 1.807) is 0 Å². The highest BCUT2D eigenvalue weighted by Gasteiger charge is 2.09. The molecule has 2 heteroatoms. The molecule has 0 spiro atoms. The maximum atomic E-state index is 5.73. The first-order chi connectivity index (χ1) is 6.65. The zero-order valence-electron chi connectivity index (χ0n) is 9.37. The number of hydrogen-bond donors (Lipinski definition) is 1. The standard InChI is InChI=1S/C12H19NO/c1-9(2)14-12-8-6-5-7-11(12)10(3)13-4/h5-10,13H,1-4H3/t10-/m1/s1. The average molecular weight is 193 g/mol. The summed E-state index contributed by atoms with van der Waals surface area (Å²) < 4.78 is 5.73. The largest absolute Gasteiger partial charge is 0.491 e. The van der Waals surface area contributed by atoms with Crippen LogP contribution in [0.4, 0.5) is 0 Å². The lowest BCUT2D eigenvalue weighted by Gasteiger charge is -2.18. The first-order valence-electron chi connectivity index (χ1n) is 5.08. The fraction of sp³-hybridized carbons (Fsp3) is 0.500. The third-order valence-corrected chi connectivity index (χ3v) is 2.18. The van der Waals surface area contributed by atoms with Gasteiger partial charge < -0.3 is 10.1 Å². The Balaban J connectivity index is 2.91. The third-order valence-electron chi connectivity index (χ3n) is 2.18. The first-order valence-corrected chi connectivity index (χ1v) is 5.08. The van der Waals surface area contributed by atoms with Crippen LogP contribution in [0.25, 0.3) is 0 Å². The van der Waals surface area contributed by atoms with Crippen LogP contribution in [0.1, 0.15) is 32.4 Å². The van der Waals surface area contributed by atoms with Crippen LogP contribution in [0.15, 0.2) is 24.3 Å².